The van der Waals surface area contributed by atoms with Gasteiger partial charge in [0, 0.05) is 6.20 Å². The molecule has 14 heavy (non-hydrogen) atoms. The first kappa shape index (κ1) is 9.06. The van der Waals surface area contributed by atoms with Crippen LogP contribution in [0.25, 0.3) is 11.0 Å². The Hall–Kier alpha value is -1.51. The fourth-order valence-corrected chi connectivity index (χ4v) is 1.41. The zero-order valence-electron chi connectivity index (χ0n) is 8.21. The lowest BCUT2D eigenvalue weighted by Gasteiger charge is -2.02. The van der Waals surface area contributed by atoms with Crippen LogP contribution in [0.15, 0.2) is 18.3 Å². The molecule has 2 nitrogen and oxygen atoms in total. The summed E-state index contributed by atoms with van der Waals surface area (Å²) in [7, 11) is 0. The molecule has 0 unspecified atom stereocenters. The Labute approximate surface area is 81.8 Å². The van der Waals surface area contributed by atoms with Crippen LogP contribution < -0.4 is 0 Å². The van der Waals surface area contributed by atoms with Crippen molar-refractivity contribution in [3.8, 4) is 0 Å². The maximum Gasteiger partial charge on any atom is 0.151 e. The van der Waals surface area contributed by atoms with Crippen molar-refractivity contribution in [2.24, 2.45) is 0 Å². The van der Waals surface area contributed by atoms with E-state index in [-0.39, 0.29) is 5.82 Å². The van der Waals surface area contributed by atoms with Crippen molar-refractivity contribution in [1.82, 2.24) is 9.97 Å². The first-order valence-electron chi connectivity index (χ1n) is 4.62. The predicted molar refractivity (Wildman–Crippen MR) is 53.6 cm³/mol. The number of aromatic nitrogens is 2. The predicted octanol–water partition coefficient (Wildman–Crippen LogP) is 2.64. The van der Waals surface area contributed by atoms with Gasteiger partial charge in [0.25, 0.3) is 0 Å². The van der Waals surface area contributed by atoms with Crippen LogP contribution in [-0.2, 0) is 6.42 Å². The number of hydrogen-bond acceptors (Lipinski definition) is 2. The second-order valence-corrected chi connectivity index (χ2v) is 3.33. The minimum absolute atomic E-state index is 0.289. The van der Waals surface area contributed by atoms with Gasteiger partial charge in [-0.15, -0.1) is 0 Å². The summed E-state index contributed by atoms with van der Waals surface area (Å²) in [4.78, 5) is 8.37. The molecule has 0 spiro atoms. The van der Waals surface area contributed by atoms with Crippen LogP contribution in [0.3, 0.4) is 0 Å². The number of halogens is 1. The maximum absolute atomic E-state index is 13.5. The number of benzene rings is 1. The van der Waals surface area contributed by atoms with Gasteiger partial charge in [-0.05, 0) is 31.0 Å². The lowest BCUT2D eigenvalue weighted by atomic mass is 10.2. The number of hydrogen-bond donors (Lipinski definition) is 0. The second-order valence-electron chi connectivity index (χ2n) is 3.33. The number of nitrogens with zero attached hydrogens (tertiary/aromatic N) is 2. The summed E-state index contributed by atoms with van der Waals surface area (Å²) in [6.45, 7) is 3.82. The van der Waals surface area contributed by atoms with Gasteiger partial charge in [-0.25, -0.2) is 9.37 Å². The molecular formula is C11H11FN2. The SMILES string of the molecule is CCc1cnc2cc(C)cc(F)c2n1. The van der Waals surface area contributed by atoms with Crippen LogP contribution in [0.1, 0.15) is 18.2 Å². The van der Waals surface area contributed by atoms with Crippen molar-refractivity contribution in [1.29, 1.82) is 0 Å². The average Bonchev–Trinajstić information content (AvgIpc) is 2.17. The zero-order chi connectivity index (χ0) is 10.1. The molecule has 0 atom stereocenters. The van der Waals surface area contributed by atoms with Crippen molar-refractivity contribution < 1.29 is 4.39 Å². The van der Waals surface area contributed by atoms with E-state index in [0.29, 0.717) is 11.0 Å². The van der Waals surface area contributed by atoms with Crippen LogP contribution >= 0.6 is 0 Å². The molecule has 3 heteroatoms. The minimum Gasteiger partial charge on any atom is -0.253 e. The first-order chi connectivity index (χ1) is 6.70. The van der Waals surface area contributed by atoms with E-state index >= 15 is 0 Å². The smallest absolute Gasteiger partial charge is 0.151 e. The Morgan fingerprint density at radius 1 is 1.36 bits per heavy atom. The quantitative estimate of drug-likeness (QED) is 0.690. The molecule has 0 fully saturated rings. The molecule has 0 aliphatic rings. The molecule has 0 bridgehead atoms. The highest BCUT2D eigenvalue weighted by atomic mass is 19.1. The van der Waals surface area contributed by atoms with Gasteiger partial charge < -0.3 is 0 Å². The van der Waals surface area contributed by atoms with Crippen molar-refractivity contribution in [3.63, 3.8) is 0 Å². The van der Waals surface area contributed by atoms with Gasteiger partial charge in [-0.1, -0.05) is 6.92 Å². The normalized spacial score (nSPS) is 10.8. The van der Waals surface area contributed by atoms with Gasteiger partial charge >= 0.3 is 0 Å². The summed E-state index contributed by atoms with van der Waals surface area (Å²) < 4.78 is 13.5. The molecule has 1 aromatic heterocycles. The average molecular weight is 190 g/mol. The molecule has 72 valence electrons. The van der Waals surface area contributed by atoms with Crippen molar-refractivity contribution in [2.45, 2.75) is 20.3 Å². The van der Waals surface area contributed by atoms with Gasteiger partial charge in [0.1, 0.15) is 5.52 Å². The van der Waals surface area contributed by atoms with E-state index in [2.05, 4.69) is 9.97 Å². The summed E-state index contributed by atoms with van der Waals surface area (Å²) in [5.74, 6) is -0.289. The highest BCUT2D eigenvalue weighted by Crippen LogP contribution is 2.16. The highest BCUT2D eigenvalue weighted by molar-refractivity contribution is 5.75. The van der Waals surface area contributed by atoms with Crippen molar-refractivity contribution in [3.05, 3.63) is 35.4 Å². The molecule has 1 aromatic carbocycles. The third-order valence-electron chi connectivity index (χ3n) is 2.16. The summed E-state index contributed by atoms with van der Waals surface area (Å²) in [6, 6.07) is 3.32. The Morgan fingerprint density at radius 2 is 2.14 bits per heavy atom. The largest absolute Gasteiger partial charge is 0.253 e. The van der Waals surface area contributed by atoms with Crippen LogP contribution in [0, 0.1) is 12.7 Å². The molecule has 0 radical (unpaired) electrons. The van der Waals surface area contributed by atoms with Crippen LogP contribution in [0.4, 0.5) is 4.39 Å². The summed E-state index contributed by atoms with van der Waals surface area (Å²) in [6.07, 6.45) is 2.47. The van der Waals surface area contributed by atoms with Crippen molar-refractivity contribution >= 4 is 11.0 Å². The van der Waals surface area contributed by atoms with Gasteiger partial charge in [0.15, 0.2) is 5.82 Å². The van der Waals surface area contributed by atoms with Crippen molar-refractivity contribution in [2.75, 3.05) is 0 Å². The standard InChI is InChI=1S/C11H11FN2/c1-3-8-6-13-10-5-7(2)4-9(12)11(10)14-8/h4-6H,3H2,1-2H3. The minimum atomic E-state index is -0.289. The van der Waals surface area contributed by atoms with Crippen LogP contribution in [0.5, 0.6) is 0 Å². The third kappa shape index (κ3) is 1.45. The third-order valence-corrected chi connectivity index (χ3v) is 2.16. The molecule has 0 aliphatic carbocycles. The maximum atomic E-state index is 13.5. The molecule has 0 N–H and O–H groups in total. The van der Waals surface area contributed by atoms with E-state index in [1.807, 2.05) is 19.9 Å². The molecule has 2 aromatic rings. The Kier molecular flexibility index (Phi) is 2.15. The number of fused-ring (bicyclic) bond motifs is 1. The van der Waals surface area contributed by atoms with Crippen LogP contribution in [0.2, 0.25) is 0 Å². The molecule has 1 heterocycles. The van der Waals surface area contributed by atoms with E-state index in [4.69, 9.17) is 0 Å². The van der Waals surface area contributed by atoms with E-state index in [0.717, 1.165) is 17.7 Å². The number of aryl methyl sites for hydroxylation is 2. The summed E-state index contributed by atoms with van der Waals surface area (Å²) in [5, 5.41) is 0. The Morgan fingerprint density at radius 3 is 2.86 bits per heavy atom. The summed E-state index contributed by atoms with van der Waals surface area (Å²) >= 11 is 0. The van der Waals surface area contributed by atoms with Crippen LogP contribution in [-0.4, -0.2) is 9.97 Å². The van der Waals surface area contributed by atoms with E-state index in [9.17, 15) is 4.39 Å². The van der Waals surface area contributed by atoms with E-state index in [1.165, 1.54) is 6.07 Å². The fourth-order valence-electron chi connectivity index (χ4n) is 1.41. The number of rotatable bonds is 1. The zero-order valence-corrected chi connectivity index (χ0v) is 8.21. The Balaban J connectivity index is 2.75. The Bertz CT molecular complexity index is 480. The first-order valence-corrected chi connectivity index (χ1v) is 4.62. The molecule has 0 saturated carbocycles. The second kappa shape index (κ2) is 3.33. The fraction of sp³-hybridized carbons (Fsp3) is 0.273. The highest BCUT2D eigenvalue weighted by Gasteiger charge is 2.05. The van der Waals surface area contributed by atoms with Gasteiger partial charge in [0.05, 0.1) is 11.2 Å². The van der Waals surface area contributed by atoms with Gasteiger partial charge in [0.2, 0.25) is 0 Å². The van der Waals surface area contributed by atoms with Gasteiger partial charge in [-0.2, -0.15) is 0 Å². The monoisotopic (exact) mass is 190 g/mol. The molecule has 0 saturated heterocycles. The molecule has 2 rings (SSSR count). The van der Waals surface area contributed by atoms with E-state index in [1.54, 1.807) is 6.20 Å². The summed E-state index contributed by atoms with van der Waals surface area (Å²) in [5.41, 5.74) is 2.68. The molecule has 0 amide bonds. The lowest BCUT2D eigenvalue weighted by Crippen LogP contribution is -1.94. The van der Waals surface area contributed by atoms with Gasteiger partial charge in [-0.3, -0.25) is 4.98 Å². The lowest BCUT2D eigenvalue weighted by molar-refractivity contribution is 0.634. The molecule has 0 aliphatic heterocycles. The van der Waals surface area contributed by atoms with E-state index < -0.39 is 0 Å². The molecular weight excluding hydrogens is 179 g/mol. The topological polar surface area (TPSA) is 25.8 Å².